The highest BCUT2D eigenvalue weighted by Gasteiger charge is 2.40. The molecule has 1 amide bonds. The minimum Gasteiger partial charge on any atom is -0.375 e. The Morgan fingerprint density at radius 2 is 2.31 bits per heavy atom. The number of hydrogen-bond acceptors (Lipinski definition) is 2. The number of alkyl halides is 3. The number of hydrogen-bond donors (Lipinski definition) is 0. The van der Waals surface area contributed by atoms with Gasteiger partial charge in [-0.1, -0.05) is 0 Å². The van der Waals surface area contributed by atoms with Crippen LogP contribution in [0.3, 0.4) is 0 Å². The van der Waals surface area contributed by atoms with Gasteiger partial charge in [0.05, 0.1) is 12.7 Å². The average molecular weight is 214 g/mol. The van der Waals surface area contributed by atoms with Gasteiger partial charge in [0.2, 0.25) is 0 Å². The minimum absolute atomic E-state index is 0.168. The number of amides is 1. The molecular weight excluding hydrogens is 204 g/mol. The molecule has 13 heavy (non-hydrogen) atoms. The first-order valence-corrected chi connectivity index (χ1v) is 4.27. The van der Waals surface area contributed by atoms with Crippen molar-refractivity contribution in [2.24, 2.45) is 0 Å². The lowest BCUT2D eigenvalue weighted by atomic mass is 10.3. The van der Waals surface area contributed by atoms with Gasteiger partial charge in [-0.3, -0.25) is 4.79 Å². The Bertz CT molecular complexity index is 207. The van der Waals surface area contributed by atoms with E-state index in [0.717, 1.165) is 4.90 Å². The zero-order valence-electron chi connectivity index (χ0n) is 7.10. The van der Waals surface area contributed by atoms with E-state index in [4.69, 9.17) is 4.74 Å². The molecular formula is C7H10ClF2NO2. The molecule has 0 saturated carbocycles. The molecule has 0 N–H and O–H groups in total. The van der Waals surface area contributed by atoms with Crippen LogP contribution in [0.25, 0.3) is 0 Å². The monoisotopic (exact) mass is 213 g/mol. The van der Waals surface area contributed by atoms with Crippen LogP contribution >= 0.6 is 11.6 Å². The largest absolute Gasteiger partial charge is 0.399 e. The predicted octanol–water partition coefficient (Wildman–Crippen LogP) is 1.07. The van der Waals surface area contributed by atoms with Gasteiger partial charge in [-0.2, -0.15) is 8.78 Å². The Labute approximate surface area is 79.6 Å². The number of ether oxygens (including phenoxy) is 1. The predicted molar refractivity (Wildman–Crippen MR) is 42.8 cm³/mol. The summed E-state index contributed by atoms with van der Waals surface area (Å²) in [5.74, 6) is -1.34. The van der Waals surface area contributed by atoms with Crippen LogP contribution in [0.1, 0.15) is 6.92 Å². The Morgan fingerprint density at radius 3 is 2.77 bits per heavy atom. The van der Waals surface area contributed by atoms with Gasteiger partial charge in [0.15, 0.2) is 0 Å². The van der Waals surface area contributed by atoms with Gasteiger partial charge in [-0.25, -0.2) is 0 Å². The number of halogens is 3. The van der Waals surface area contributed by atoms with E-state index in [1.54, 1.807) is 6.92 Å². The van der Waals surface area contributed by atoms with Crippen molar-refractivity contribution < 1.29 is 18.3 Å². The number of nitrogens with zero attached hydrogens (tertiary/aromatic N) is 1. The smallest absolute Gasteiger partial charge is 0.375 e. The lowest BCUT2D eigenvalue weighted by Crippen LogP contribution is -2.49. The Balaban J connectivity index is 2.56. The minimum atomic E-state index is -3.79. The fraction of sp³-hybridized carbons (Fsp3) is 0.857. The Kier molecular flexibility index (Phi) is 3.08. The fourth-order valence-corrected chi connectivity index (χ4v) is 1.30. The van der Waals surface area contributed by atoms with Gasteiger partial charge in [0, 0.05) is 13.1 Å². The van der Waals surface area contributed by atoms with E-state index in [1.165, 1.54) is 0 Å². The molecule has 1 saturated heterocycles. The second kappa shape index (κ2) is 3.75. The van der Waals surface area contributed by atoms with E-state index in [-0.39, 0.29) is 25.8 Å². The first kappa shape index (κ1) is 10.7. The summed E-state index contributed by atoms with van der Waals surface area (Å²) in [6.45, 7) is 2.33. The van der Waals surface area contributed by atoms with Crippen molar-refractivity contribution in [1.29, 1.82) is 0 Å². The van der Waals surface area contributed by atoms with Crippen molar-refractivity contribution in [1.82, 2.24) is 4.90 Å². The molecule has 6 heteroatoms. The van der Waals surface area contributed by atoms with Crippen LogP contribution in [0, 0.1) is 0 Å². The maximum atomic E-state index is 12.4. The van der Waals surface area contributed by atoms with E-state index >= 15 is 0 Å². The van der Waals surface area contributed by atoms with Gasteiger partial charge in [0.25, 0.3) is 0 Å². The number of carbonyl (C=O) groups is 1. The topological polar surface area (TPSA) is 29.5 Å². The van der Waals surface area contributed by atoms with Gasteiger partial charge in [-0.05, 0) is 18.5 Å². The third-order valence-electron chi connectivity index (χ3n) is 1.77. The molecule has 1 fully saturated rings. The Morgan fingerprint density at radius 1 is 1.69 bits per heavy atom. The normalized spacial score (nSPS) is 24.6. The lowest BCUT2D eigenvalue weighted by molar-refractivity contribution is -0.153. The molecule has 0 aromatic heterocycles. The summed E-state index contributed by atoms with van der Waals surface area (Å²) in [6, 6.07) is 0. The lowest BCUT2D eigenvalue weighted by Gasteiger charge is -2.31. The van der Waals surface area contributed by atoms with Crippen LogP contribution in [0.15, 0.2) is 0 Å². The first-order valence-electron chi connectivity index (χ1n) is 3.89. The molecule has 1 unspecified atom stereocenters. The summed E-state index contributed by atoms with van der Waals surface area (Å²) in [5, 5.41) is -3.79. The van der Waals surface area contributed by atoms with Crippen molar-refractivity contribution >= 4 is 17.5 Å². The molecule has 0 bridgehead atoms. The molecule has 1 heterocycles. The third-order valence-corrected chi connectivity index (χ3v) is 1.93. The molecule has 0 aromatic rings. The van der Waals surface area contributed by atoms with E-state index in [0.29, 0.717) is 0 Å². The zero-order chi connectivity index (χ0) is 10.1. The zero-order valence-corrected chi connectivity index (χ0v) is 7.85. The third kappa shape index (κ3) is 2.77. The van der Waals surface area contributed by atoms with Gasteiger partial charge >= 0.3 is 11.3 Å². The number of morpholine rings is 1. The van der Waals surface area contributed by atoms with Crippen molar-refractivity contribution in [2.75, 3.05) is 19.7 Å². The second-order valence-corrected chi connectivity index (χ2v) is 3.41. The maximum Gasteiger partial charge on any atom is 0.399 e. The molecule has 0 aliphatic carbocycles. The summed E-state index contributed by atoms with van der Waals surface area (Å²) in [5.41, 5.74) is 0. The summed E-state index contributed by atoms with van der Waals surface area (Å²) in [4.78, 5) is 12.0. The summed E-state index contributed by atoms with van der Waals surface area (Å²) in [6.07, 6.45) is -0.211. The van der Waals surface area contributed by atoms with Gasteiger partial charge in [-0.15, -0.1) is 0 Å². The molecule has 1 atom stereocenters. The van der Waals surface area contributed by atoms with Crippen LogP contribution in [0.5, 0.6) is 0 Å². The molecule has 0 radical (unpaired) electrons. The Hall–Kier alpha value is -0.420. The number of carbonyl (C=O) groups excluding carboxylic acids is 1. The van der Waals surface area contributed by atoms with Crippen molar-refractivity contribution in [3.8, 4) is 0 Å². The quantitative estimate of drug-likeness (QED) is 0.610. The van der Waals surface area contributed by atoms with Crippen LogP contribution < -0.4 is 0 Å². The molecule has 76 valence electrons. The first-order chi connectivity index (χ1) is 5.91. The highest BCUT2D eigenvalue weighted by molar-refractivity contribution is 6.32. The standard InChI is InChI=1S/C7H10ClF2NO2/c1-5-4-11(2-3-13-5)6(12)7(8,9)10/h5H,2-4H2,1H3. The van der Waals surface area contributed by atoms with Crippen molar-refractivity contribution in [3.05, 3.63) is 0 Å². The molecule has 0 aromatic carbocycles. The maximum absolute atomic E-state index is 12.4. The SMILES string of the molecule is CC1CN(C(=O)C(F)(F)Cl)CCO1. The summed E-state index contributed by atoms with van der Waals surface area (Å²) >= 11 is 4.60. The number of rotatable bonds is 1. The summed E-state index contributed by atoms with van der Waals surface area (Å²) < 4.78 is 29.8. The van der Waals surface area contributed by atoms with Crippen molar-refractivity contribution in [3.63, 3.8) is 0 Å². The van der Waals surface area contributed by atoms with E-state index < -0.39 is 11.3 Å². The van der Waals surface area contributed by atoms with E-state index in [1.807, 2.05) is 0 Å². The molecule has 0 spiro atoms. The second-order valence-electron chi connectivity index (χ2n) is 2.93. The van der Waals surface area contributed by atoms with Gasteiger partial charge < -0.3 is 9.64 Å². The molecule has 1 aliphatic rings. The van der Waals surface area contributed by atoms with E-state index in [2.05, 4.69) is 11.6 Å². The highest BCUT2D eigenvalue weighted by Crippen LogP contribution is 2.22. The molecule has 1 rings (SSSR count). The average Bonchev–Trinajstić information content (AvgIpc) is 2.01. The van der Waals surface area contributed by atoms with Crippen LogP contribution in [-0.2, 0) is 9.53 Å². The molecule has 1 aliphatic heterocycles. The van der Waals surface area contributed by atoms with Crippen molar-refractivity contribution in [2.45, 2.75) is 18.4 Å². The van der Waals surface area contributed by atoms with E-state index in [9.17, 15) is 13.6 Å². The van der Waals surface area contributed by atoms with Gasteiger partial charge in [0.1, 0.15) is 0 Å². The summed E-state index contributed by atoms with van der Waals surface area (Å²) in [7, 11) is 0. The molecule has 3 nitrogen and oxygen atoms in total. The van der Waals surface area contributed by atoms with Crippen LogP contribution in [-0.4, -0.2) is 42.0 Å². The highest BCUT2D eigenvalue weighted by atomic mass is 35.5. The van der Waals surface area contributed by atoms with Crippen LogP contribution in [0.2, 0.25) is 0 Å². The fourth-order valence-electron chi connectivity index (χ4n) is 1.18. The van der Waals surface area contributed by atoms with Crippen LogP contribution in [0.4, 0.5) is 8.78 Å².